The Morgan fingerprint density at radius 3 is 2.56 bits per heavy atom. The van der Waals surface area contributed by atoms with Gasteiger partial charge in [-0.1, -0.05) is 20.3 Å². The molecule has 1 saturated carbocycles. The molecule has 4 nitrogen and oxygen atoms in total. The normalized spacial score (nSPS) is 19.4. The Hall–Kier alpha value is -0.420. The molecule has 0 amide bonds. The van der Waals surface area contributed by atoms with Crippen molar-refractivity contribution in [1.82, 2.24) is 10.7 Å². The lowest BCUT2D eigenvalue weighted by Gasteiger charge is -2.39. The summed E-state index contributed by atoms with van der Waals surface area (Å²) in [4.78, 5) is 4.53. The van der Waals surface area contributed by atoms with Crippen molar-refractivity contribution in [2.75, 3.05) is 19.3 Å². The van der Waals surface area contributed by atoms with E-state index in [4.69, 9.17) is 5.84 Å². The summed E-state index contributed by atoms with van der Waals surface area (Å²) >= 11 is 1.93. The number of hydrazine groups is 1. The maximum Gasteiger partial charge on any atom is 0.205 e. The third kappa shape index (κ3) is 3.87. The van der Waals surface area contributed by atoms with Crippen LogP contribution in [-0.2, 0) is 0 Å². The minimum atomic E-state index is 0.377. The summed E-state index contributed by atoms with van der Waals surface area (Å²) in [6.07, 6.45) is 6.06. The molecule has 0 radical (unpaired) electrons. The van der Waals surface area contributed by atoms with E-state index in [2.05, 4.69) is 35.8 Å². The molecule has 94 valence electrons. The predicted octanol–water partition coefficient (Wildman–Crippen LogP) is 1.34. The maximum absolute atomic E-state index is 5.44. The van der Waals surface area contributed by atoms with E-state index in [1.54, 1.807) is 0 Å². The van der Waals surface area contributed by atoms with Crippen molar-refractivity contribution < 1.29 is 0 Å². The second kappa shape index (κ2) is 6.35. The van der Waals surface area contributed by atoms with E-state index in [0.717, 1.165) is 13.1 Å². The van der Waals surface area contributed by atoms with E-state index in [9.17, 15) is 0 Å². The molecule has 1 aliphatic carbocycles. The van der Waals surface area contributed by atoms with Crippen molar-refractivity contribution in [3.05, 3.63) is 0 Å². The number of hydrogen-bond acceptors (Lipinski definition) is 3. The van der Waals surface area contributed by atoms with E-state index in [0.29, 0.717) is 16.6 Å². The highest BCUT2D eigenvalue weighted by Crippen LogP contribution is 2.42. The summed E-state index contributed by atoms with van der Waals surface area (Å²) in [7, 11) is 0. The summed E-state index contributed by atoms with van der Waals surface area (Å²) in [5.41, 5.74) is 2.63. The van der Waals surface area contributed by atoms with Crippen molar-refractivity contribution in [3.8, 4) is 0 Å². The Labute approximate surface area is 103 Å². The molecule has 0 bridgehead atoms. The third-order valence-corrected chi connectivity index (χ3v) is 4.44. The molecular formula is C11H24N4S. The van der Waals surface area contributed by atoms with Crippen molar-refractivity contribution in [2.45, 2.75) is 37.9 Å². The van der Waals surface area contributed by atoms with Crippen molar-refractivity contribution in [3.63, 3.8) is 0 Å². The first-order chi connectivity index (χ1) is 7.62. The zero-order chi connectivity index (χ0) is 12.0. The number of aliphatic imine (C=N–C) groups is 1. The third-order valence-electron chi connectivity index (χ3n) is 3.04. The molecule has 0 aromatic heterocycles. The molecule has 0 unspecified atom stereocenters. The summed E-state index contributed by atoms with van der Waals surface area (Å²) in [5, 5.41) is 3.22. The molecule has 0 aromatic rings. The van der Waals surface area contributed by atoms with Crippen LogP contribution in [0.15, 0.2) is 4.99 Å². The lowest BCUT2D eigenvalue weighted by Crippen LogP contribution is -2.45. The smallest absolute Gasteiger partial charge is 0.205 e. The quantitative estimate of drug-likeness (QED) is 0.295. The van der Waals surface area contributed by atoms with Crippen LogP contribution in [0.4, 0.5) is 0 Å². The zero-order valence-corrected chi connectivity index (χ0v) is 11.4. The van der Waals surface area contributed by atoms with Crippen LogP contribution >= 0.6 is 11.8 Å². The minimum absolute atomic E-state index is 0.377. The van der Waals surface area contributed by atoms with Gasteiger partial charge in [0.05, 0.1) is 6.54 Å². The van der Waals surface area contributed by atoms with Gasteiger partial charge in [0.1, 0.15) is 0 Å². The van der Waals surface area contributed by atoms with E-state index in [1.807, 2.05) is 11.8 Å². The lowest BCUT2D eigenvalue weighted by atomic mass is 9.84. The van der Waals surface area contributed by atoms with Crippen molar-refractivity contribution in [1.29, 1.82) is 0 Å². The van der Waals surface area contributed by atoms with Gasteiger partial charge >= 0.3 is 0 Å². The van der Waals surface area contributed by atoms with Gasteiger partial charge in [0, 0.05) is 11.3 Å². The molecule has 0 saturated heterocycles. The van der Waals surface area contributed by atoms with Gasteiger partial charge in [-0.2, -0.15) is 11.8 Å². The van der Waals surface area contributed by atoms with Gasteiger partial charge in [0.2, 0.25) is 5.96 Å². The number of rotatable bonds is 5. The van der Waals surface area contributed by atoms with Crippen molar-refractivity contribution in [2.24, 2.45) is 16.8 Å². The second-order valence-electron chi connectivity index (χ2n) is 4.82. The minimum Gasteiger partial charge on any atom is -0.355 e. The number of thioether (sulfide) groups is 1. The van der Waals surface area contributed by atoms with Crippen LogP contribution in [0.3, 0.4) is 0 Å². The molecule has 0 spiro atoms. The summed E-state index contributed by atoms with van der Waals surface area (Å²) in [5.74, 6) is 6.75. The number of guanidine groups is 1. The number of nitrogens with two attached hydrogens (primary N) is 1. The van der Waals surface area contributed by atoms with Gasteiger partial charge in [-0.25, -0.2) is 5.84 Å². The zero-order valence-electron chi connectivity index (χ0n) is 10.5. The first-order valence-corrected chi connectivity index (χ1v) is 7.14. The number of nitrogens with zero attached hydrogens (tertiary/aromatic N) is 1. The Morgan fingerprint density at radius 2 is 2.19 bits per heavy atom. The molecule has 1 rings (SSSR count). The van der Waals surface area contributed by atoms with E-state index < -0.39 is 0 Å². The monoisotopic (exact) mass is 244 g/mol. The fourth-order valence-electron chi connectivity index (χ4n) is 1.67. The Bertz CT molecular complexity index is 231. The van der Waals surface area contributed by atoms with Gasteiger partial charge in [0.25, 0.3) is 0 Å². The molecule has 0 aromatic carbocycles. The van der Waals surface area contributed by atoms with E-state index >= 15 is 0 Å². The lowest BCUT2D eigenvalue weighted by molar-refractivity contribution is 0.372. The van der Waals surface area contributed by atoms with E-state index in [1.165, 1.54) is 19.3 Å². The number of hydrogen-bond donors (Lipinski definition) is 3. The van der Waals surface area contributed by atoms with Gasteiger partial charge in [-0.15, -0.1) is 0 Å². The Balaban J connectivity index is 2.39. The van der Waals surface area contributed by atoms with Gasteiger partial charge in [0.15, 0.2) is 0 Å². The van der Waals surface area contributed by atoms with Crippen LogP contribution in [0.25, 0.3) is 0 Å². The van der Waals surface area contributed by atoms with Crippen LogP contribution in [0.2, 0.25) is 0 Å². The molecule has 1 fully saturated rings. The van der Waals surface area contributed by atoms with Crippen LogP contribution in [0, 0.1) is 5.92 Å². The fourth-order valence-corrected chi connectivity index (χ4v) is 2.56. The molecule has 16 heavy (non-hydrogen) atoms. The Morgan fingerprint density at radius 1 is 1.50 bits per heavy atom. The number of nitrogens with one attached hydrogen (secondary N) is 2. The molecule has 0 heterocycles. The van der Waals surface area contributed by atoms with Gasteiger partial charge < -0.3 is 5.32 Å². The van der Waals surface area contributed by atoms with Crippen LogP contribution in [-0.4, -0.2) is 30.1 Å². The Kier molecular flexibility index (Phi) is 5.41. The average molecular weight is 244 g/mol. The highest BCUT2D eigenvalue weighted by Gasteiger charge is 2.35. The largest absolute Gasteiger partial charge is 0.355 e. The second-order valence-corrected chi connectivity index (χ2v) is 6.10. The molecule has 0 atom stereocenters. The van der Waals surface area contributed by atoms with Gasteiger partial charge in [-0.05, 0) is 25.0 Å². The topological polar surface area (TPSA) is 62.4 Å². The molecular weight excluding hydrogens is 220 g/mol. The predicted molar refractivity (Wildman–Crippen MR) is 72.6 cm³/mol. The maximum atomic E-state index is 5.44. The van der Waals surface area contributed by atoms with Gasteiger partial charge in [-0.3, -0.25) is 10.4 Å². The van der Waals surface area contributed by atoms with Crippen LogP contribution < -0.4 is 16.6 Å². The van der Waals surface area contributed by atoms with Crippen LogP contribution in [0.5, 0.6) is 0 Å². The SMILES string of the molecule is CSC1(CN=C(NN)NCC(C)C)CCC1. The first kappa shape index (κ1) is 13.6. The first-order valence-electron chi connectivity index (χ1n) is 5.92. The van der Waals surface area contributed by atoms with Crippen LogP contribution in [0.1, 0.15) is 33.1 Å². The fraction of sp³-hybridized carbons (Fsp3) is 0.909. The van der Waals surface area contributed by atoms with E-state index in [-0.39, 0.29) is 0 Å². The standard InChI is InChI=1S/C11H24N4S/c1-9(2)7-13-10(15-12)14-8-11(16-3)5-4-6-11/h9H,4-8,12H2,1-3H3,(H2,13,14,15). The summed E-state index contributed by atoms with van der Waals surface area (Å²) < 4.78 is 0.377. The summed E-state index contributed by atoms with van der Waals surface area (Å²) in [6, 6.07) is 0. The molecule has 5 heteroatoms. The summed E-state index contributed by atoms with van der Waals surface area (Å²) in [6.45, 7) is 6.08. The molecule has 4 N–H and O–H groups in total. The highest BCUT2D eigenvalue weighted by molar-refractivity contribution is 8.00. The molecule has 1 aliphatic rings. The average Bonchev–Trinajstić information content (AvgIpc) is 2.21. The highest BCUT2D eigenvalue weighted by atomic mass is 32.2. The molecule has 0 aliphatic heterocycles. The van der Waals surface area contributed by atoms with Crippen molar-refractivity contribution >= 4 is 17.7 Å².